The van der Waals surface area contributed by atoms with Gasteiger partial charge in [-0.2, -0.15) is 0 Å². The van der Waals surface area contributed by atoms with Crippen molar-refractivity contribution in [3.05, 3.63) is 231 Å². The number of anilines is 3. The molecule has 2 heteroatoms. The molecule has 0 N–H and O–H groups in total. The van der Waals surface area contributed by atoms with Crippen LogP contribution in [0.3, 0.4) is 0 Å². The predicted octanol–water partition coefficient (Wildman–Crippen LogP) is 15.6. The number of para-hydroxylation sites is 2. The Labute approximate surface area is 338 Å². The Morgan fingerprint density at radius 1 is 0.293 bits per heavy atom. The highest BCUT2D eigenvalue weighted by Gasteiger charge is 2.21. The van der Waals surface area contributed by atoms with Crippen molar-refractivity contribution in [2.75, 3.05) is 4.90 Å². The zero-order valence-corrected chi connectivity index (χ0v) is 31.8. The molecule has 0 aliphatic carbocycles. The van der Waals surface area contributed by atoms with Crippen molar-refractivity contribution in [1.29, 1.82) is 0 Å². The first-order valence-electron chi connectivity index (χ1n) is 19.9. The summed E-state index contributed by atoms with van der Waals surface area (Å²) in [5.74, 6) is 0. The number of fused-ring (bicyclic) bond motifs is 5. The molecule has 0 aliphatic rings. The predicted molar refractivity (Wildman–Crippen MR) is 247 cm³/mol. The average Bonchev–Trinajstić information content (AvgIpc) is 3.64. The van der Waals surface area contributed by atoms with E-state index in [0.717, 1.165) is 22.7 Å². The summed E-state index contributed by atoms with van der Waals surface area (Å²) < 4.78 is 2.39. The first-order valence-corrected chi connectivity index (χ1v) is 19.9. The number of nitrogens with zero attached hydrogens (tertiary/aromatic N) is 2. The Morgan fingerprint density at radius 2 is 0.793 bits per heavy atom. The van der Waals surface area contributed by atoms with Crippen molar-refractivity contribution in [3.63, 3.8) is 0 Å². The summed E-state index contributed by atoms with van der Waals surface area (Å²) >= 11 is 0. The van der Waals surface area contributed by atoms with Crippen molar-refractivity contribution >= 4 is 60.4 Å². The van der Waals surface area contributed by atoms with Gasteiger partial charge in [0, 0.05) is 27.8 Å². The molecule has 1 aromatic heterocycles. The van der Waals surface area contributed by atoms with E-state index in [1.807, 2.05) is 0 Å². The first kappa shape index (κ1) is 33.6. The number of hydrogen-bond donors (Lipinski definition) is 0. The van der Waals surface area contributed by atoms with Gasteiger partial charge in [-0.3, -0.25) is 0 Å². The average molecular weight is 739 g/mol. The van der Waals surface area contributed by atoms with Crippen LogP contribution in [0.5, 0.6) is 0 Å². The first-order chi connectivity index (χ1) is 28.7. The van der Waals surface area contributed by atoms with E-state index < -0.39 is 0 Å². The molecule has 0 atom stereocenters. The molecule has 0 fully saturated rings. The number of rotatable bonds is 7. The SMILES string of the molecule is c1ccc(-c2ccc(N(c3cccc(-c4ccc5cc(-c6ccc7ccccc7c6)ccc5c4)c3)c3cccc4c3c3ccccc3n4-c3ccccc3)cc2)cc1. The maximum atomic E-state index is 2.43. The van der Waals surface area contributed by atoms with E-state index in [2.05, 4.69) is 240 Å². The number of hydrogen-bond acceptors (Lipinski definition) is 1. The molecule has 0 aliphatic heterocycles. The summed E-state index contributed by atoms with van der Waals surface area (Å²) in [6.07, 6.45) is 0. The second-order valence-corrected chi connectivity index (χ2v) is 15.0. The minimum atomic E-state index is 1.10. The van der Waals surface area contributed by atoms with E-state index in [4.69, 9.17) is 0 Å². The second kappa shape index (κ2) is 14.1. The lowest BCUT2D eigenvalue weighted by Gasteiger charge is -2.27. The van der Waals surface area contributed by atoms with Crippen LogP contribution < -0.4 is 4.90 Å². The highest BCUT2D eigenvalue weighted by molar-refractivity contribution is 6.16. The molecular weight excluding hydrogens is 701 g/mol. The summed E-state index contributed by atoms with van der Waals surface area (Å²) in [7, 11) is 0. The zero-order chi connectivity index (χ0) is 38.4. The van der Waals surface area contributed by atoms with E-state index in [9.17, 15) is 0 Å². The van der Waals surface area contributed by atoms with Crippen molar-refractivity contribution in [3.8, 4) is 39.1 Å². The fraction of sp³-hybridized carbons (Fsp3) is 0. The van der Waals surface area contributed by atoms with Crippen molar-refractivity contribution in [2.45, 2.75) is 0 Å². The van der Waals surface area contributed by atoms with Crippen LogP contribution >= 0.6 is 0 Å². The molecular formula is C56H38N2. The van der Waals surface area contributed by atoms with Crippen LogP contribution in [0.2, 0.25) is 0 Å². The van der Waals surface area contributed by atoms with Gasteiger partial charge in [-0.15, -0.1) is 0 Å². The van der Waals surface area contributed by atoms with Crippen LogP contribution in [0.15, 0.2) is 231 Å². The molecule has 0 saturated carbocycles. The van der Waals surface area contributed by atoms with Crippen molar-refractivity contribution in [2.24, 2.45) is 0 Å². The normalized spacial score (nSPS) is 11.4. The van der Waals surface area contributed by atoms with Gasteiger partial charge in [-0.25, -0.2) is 0 Å². The molecule has 10 aromatic carbocycles. The quantitative estimate of drug-likeness (QED) is 0.158. The molecule has 1 heterocycles. The van der Waals surface area contributed by atoms with Gasteiger partial charge in [0.15, 0.2) is 0 Å². The highest BCUT2D eigenvalue weighted by Crippen LogP contribution is 2.45. The zero-order valence-electron chi connectivity index (χ0n) is 31.8. The van der Waals surface area contributed by atoms with E-state index in [1.165, 1.54) is 76.7 Å². The van der Waals surface area contributed by atoms with Gasteiger partial charge in [-0.05, 0) is 128 Å². The van der Waals surface area contributed by atoms with Crippen LogP contribution in [-0.4, -0.2) is 4.57 Å². The lowest BCUT2D eigenvalue weighted by Crippen LogP contribution is -2.10. The Hall–Kier alpha value is -7.68. The Kier molecular flexibility index (Phi) is 8.19. The molecule has 0 spiro atoms. The van der Waals surface area contributed by atoms with E-state index >= 15 is 0 Å². The standard InChI is InChI=1S/C56H38N2/c1-3-13-39(14-4-1)41-31-33-50(34-32-41)57(54-23-12-24-55-56(54)52-21-9-10-22-53(52)58(55)49-18-5-2-6-19-49)51-20-11-17-43(38-51)44-27-28-48-37-47(30-29-46(48)36-44)45-26-25-40-15-7-8-16-42(40)35-45/h1-38H. The summed E-state index contributed by atoms with van der Waals surface area (Å²) in [5, 5.41) is 7.41. The third kappa shape index (κ3) is 5.91. The Morgan fingerprint density at radius 3 is 1.52 bits per heavy atom. The third-order valence-corrected chi connectivity index (χ3v) is 11.5. The van der Waals surface area contributed by atoms with Crippen LogP contribution in [-0.2, 0) is 0 Å². The van der Waals surface area contributed by atoms with Gasteiger partial charge in [0.05, 0.1) is 16.7 Å². The molecule has 0 unspecified atom stereocenters. The fourth-order valence-electron chi connectivity index (χ4n) is 8.70. The van der Waals surface area contributed by atoms with Gasteiger partial charge < -0.3 is 9.47 Å². The largest absolute Gasteiger partial charge is 0.310 e. The van der Waals surface area contributed by atoms with Gasteiger partial charge in [0.2, 0.25) is 0 Å². The summed E-state index contributed by atoms with van der Waals surface area (Å²) in [6.45, 7) is 0. The Bertz CT molecular complexity index is 3270. The smallest absolute Gasteiger partial charge is 0.0562 e. The third-order valence-electron chi connectivity index (χ3n) is 11.5. The Balaban J connectivity index is 1.05. The molecule has 0 radical (unpaired) electrons. The maximum Gasteiger partial charge on any atom is 0.0562 e. The summed E-state index contributed by atoms with van der Waals surface area (Å²) in [5.41, 5.74) is 14.0. The fourth-order valence-corrected chi connectivity index (χ4v) is 8.70. The van der Waals surface area contributed by atoms with Crippen LogP contribution in [0.25, 0.3) is 82.4 Å². The van der Waals surface area contributed by atoms with Gasteiger partial charge in [0.25, 0.3) is 0 Å². The molecule has 0 bridgehead atoms. The minimum absolute atomic E-state index is 1.10. The molecule has 272 valence electrons. The summed E-state index contributed by atoms with van der Waals surface area (Å²) in [6, 6.07) is 83.7. The van der Waals surface area contributed by atoms with Crippen LogP contribution in [0.4, 0.5) is 17.1 Å². The highest BCUT2D eigenvalue weighted by atomic mass is 15.1. The molecule has 0 saturated heterocycles. The lowest BCUT2D eigenvalue weighted by molar-refractivity contribution is 1.18. The molecule has 11 rings (SSSR count). The maximum absolute atomic E-state index is 2.43. The number of benzene rings is 10. The van der Waals surface area contributed by atoms with E-state index in [0.29, 0.717) is 0 Å². The number of aromatic nitrogens is 1. The van der Waals surface area contributed by atoms with E-state index in [-0.39, 0.29) is 0 Å². The second-order valence-electron chi connectivity index (χ2n) is 15.0. The van der Waals surface area contributed by atoms with Crippen LogP contribution in [0, 0.1) is 0 Å². The van der Waals surface area contributed by atoms with Gasteiger partial charge >= 0.3 is 0 Å². The van der Waals surface area contributed by atoms with Gasteiger partial charge in [-0.1, -0.05) is 158 Å². The van der Waals surface area contributed by atoms with Crippen molar-refractivity contribution in [1.82, 2.24) is 4.57 Å². The molecule has 0 amide bonds. The molecule has 58 heavy (non-hydrogen) atoms. The molecule has 2 nitrogen and oxygen atoms in total. The minimum Gasteiger partial charge on any atom is -0.310 e. The van der Waals surface area contributed by atoms with Crippen molar-refractivity contribution < 1.29 is 0 Å². The lowest BCUT2D eigenvalue weighted by atomic mass is 9.96. The van der Waals surface area contributed by atoms with Gasteiger partial charge in [0.1, 0.15) is 0 Å². The van der Waals surface area contributed by atoms with Crippen LogP contribution in [0.1, 0.15) is 0 Å². The monoisotopic (exact) mass is 738 g/mol. The van der Waals surface area contributed by atoms with E-state index in [1.54, 1.807) is 0 Å². The molecule has 11 aromatic rings. The topological polar surface area (TPSA) is 8.17 Å². The summed E-state index contributed by atoms with van der Waals surface area (Å²) in [4.78, 5) is 2.43.